The Labute approximate surface area is 253 Å². The summed E-state index contributed by atoms with van der Waals surface area (Å²) in [7, 11) is 1.50. The number of nitrogens with zero attached hydrogens (tertiary/aromatic N) is 3. The number of anilines is 1. The van der Waals surface area contributed by atoms with Gasteiger partial charge in [0.1, 0.15) is 0 Å². The van der Waals surface area contributed by atoms with Crippen LogP contribution in [-0.4, -0.2) is 45.4 Å². The molecule has 212 valence electrons. The van der Waals surface area contributed by atoms with Crippen molar-refractivity contribution in [1.29, 1.82) is 0 Å². The molecule has 1 aliphatic carbocycles. The van der Waals surface area contributed by atoms with Gasteiger partial charge in [-0.05, 0) is 69.4 Å². The standard InChI is InChI=1S/C30H28Cl3N5O3/c1-5-17-11-19(8-9-22(17)31)28(40)37-14-25-21(10-15(37)2)29(41)38(30(36-25)35-16(3)18-6-7-18)26-13-23(32)20(12-24(26)33)27(39)34-4/h1,8-9,11-13,15-16,18H,6-7,10,14H2,2-4H3,(H,34,39)(H,35,36). The van der Waals surface area contributed by atoms with Gasteiger partial charge in [0.2, 0.25) is 5.95 Å². The van der Waals surface area contributed by atoms with Crippen molar-refractivity contribution >= 4 is 52.6 Å². The van der Waals surface area contributed by atoms with Crippen LogP contribution in [0.1, 0.15) is 64.2 Å². The lowest BCUT2D eigenvalue weighted by Gasteiger charge is -2.35. The van der Waals surface area contributed by atoms with E-state index in [9.17, 15) is 14.4 Å². The molecule has 8 nitrogen and oxygen atoms in total. The van der Waals surface area contributed by atoms with Crippen LogP contribution in [0.3, 0.4) is 0 Å². The van der Waals surface area contributed by atoms with Gasteiger partial charge in [0.25, 0.3) is 17.4 Å². The number of nitrogens with one attached hydrogen (secondary N) is 2. The van der Waals surface area contributed by atoms with E-state index in [1.54, 1.807) is 23.1 Å². The third-order valence-corrected chi connectivity index (χ3v) is 8.62. The molecule has 2 aromatic carbocycles. The van der Waals surface area contributed by atoms with Gasteiger partial charge < -0.3 is 15.5 Å². The van der Waals surface area contributed by atoms with Crippen LogP contribution < -0.4 is 16.2 Å². The highest BCUT2D eigenvalue weighted by atomic mass is 35.5. The van der Waals surface area contributed by atoms with Crippen LogP contribution >= 0.6 is 34.8 Å². The smallest absolute Gasteiger partial charge is 0.263 e. The van der Waals surface area contributed by atoms with Gasteiger partial charge in [-0.25, -0.2) is 9.55 Å². The molecule has 1 saturated carbocycles. The highest BCUT2D eigenvalue weighted by Gasteiger charge is 2.34. The normalized spacial score (nSPS) is 16.9. The Hall–Kier alpha value is -3.51. The number of aromatic nitrogens is 2. The van der Waals surface area contributed by atoms with Gasteiger partial charge in [0.15, 0.2) is 0 Å². The van der Waals surface area contributed by atoms with Crippen LogP contribution in [0.15, 0.2) is 35.1 Å². The van der Waals surface area contributed by atoms with Gasteiger partial charge in [0, 0.05) is 35.8 Å². The predicted molar refractivity (Wildman–Crippen MR) is 161 cm³/mol. The van der Waals surface area contributed by atoms with E-state index in [2.05, 4.69) is 16.6 Å². The highest BCUT2D eigenvalue weighted by molar-refractivity contribution is 6.37. The predicted octanol–water partition coefficient (Wildman–Crippen LogP) is 5.33. The van der Waals surface area contributed by atoms with E-state index in [0.717, 1.165) is 12.8 Å². The van der Waals surface area contributed by atoms with Crippen LogP contribution in [0.5, 0.6) is 0 Å². The van der Waals surface area contributed by atoms with Crippen molar-refractivity contribution in [2.45, 2.75) is 51.7 Å². The molecule has 2 unspecified atom stereocenters. The first-order chi connectivity index (χ1) is 19.5. The molecule has 3 aromatic rings. The van der Waals surface area contributed by atoms with Crippen LogP contribution in [0, 0.1) is 18.3 Å². The van der Waals surface area contributed by atoms with Gasteiger partial charge in [-0.1, -0.05) is 40.7 Å². The number of rotatable bonds is 6. The zero-order valence-electron chi connectivity index (χ0n) is 22.7. The Kier molecular flexibility index (Phi) is 8.06. The number of terminal acetylenes is 1. The Bertz CT molecular complexity index is 1680. The fraction of sp³-hybridized carbons (Fsp3) is 0.333. The first kappa shape index (κ1) is 29.0. The average Bonchev–Trinajstić information content (AvgIpc) is 3.80. The second-order valence-electron chi connectivity index (χ2n) is 10.5. The fourth-order valence-electron chi connectivity index (χ4n) is 5.12. The quantitative estimate of drug-likeness (QED) is 0.367. The number of carbonyl (C=O) groups excluding carboxylic acids is 2. The van der Waals surface area contributed by atoms with Crippen molar-refractivity contribution in [2.75, 3.05) is 12.4 Å². The third kappa shape index (κ3) is 5.54. The second-order valence-corrected chi connectivity index (χ2v) is 11.7. The summed E-state index contributed by atoms with van der Waals surface area (Å²) < 4.78 is 1.42. The summed E-state index contributed by atoms with van der Waals surface area (Å²) in [6.07, 6.45) is 7.99. The molecule has 0 bridgehead atoms. The van der Waals surface area contributed by atoms with Crippen LogP contribution in [-0.2, 0) is 13.0 Å². The Balaban J connectivity index is 1.60. The van der Waals surface area contributed by atoms with Crippen LogP contribution in [0.2, 0.25) is 15.1 Å². The molecule has 1 aliphatic heterocycles. The average molecular weight is 613 g/mol. The highest BCUT2D eigenvalue weighted by Crippen LogP contribution is 2.35. The van der Waals surface area contributed by atoms with E-state index < -0.39 is 5.91 Å². The number of amides is 2. The number of benzene rings is 2. The van der Waals surface area contributed by atoms with Crippen molar-refractivity contribution in [1.82, 2.24) is 19.8 Å². The van der Waals surface area contributed by atoms with E-state index in [1.165, 1.54) is 23.7 Å². The van der Waals surface area contributed by atoms with Crippen molar-refractivity contribution in [3.05, 3.63) is 83.7 Å². The zero-order chi connectivity index (χ0) is 29.6. The van der Waals surface area contributed by atoms with Gasteiger partial charge >= 0.3 is 0 Å². The summed E-state index contributed by atoms with van der Waals surface area (Å²) in [6.45, 7) is 4.06. The molecule has 5 rings (SSSR count). The summed E-state index contributed by atoms with van der Waals surface area (Å²) in [4.78, 5) is 46.5. The van der Waals surface area contributed by atoms with Gasteiger partial charge in [-0.2, -0.15) is 0 Å². The summed E-state index contributed by atoms with van der Waals surface area (Å²) >= 11 is 19.3. The topological polar surface area (TPSA) is 96.3 Å². The van der Waals surface area contributed by atoms with E-state index in [4.69, 9.17) is 46.2 Å². The number of hydrogen-bond donors (Lipinski definition) is 2. The maximum absolute atomic E-state index is 14.1. The number of carbonyl (C=O) groups is 2. The molecule has 2 heterocycles. The van der Waals surface area contributed by atoms with E-state index in [-0.39, 0.29) is 52.1 Å². The molecule has 2 amide bonds. The molecule has 2 atom stereocenters. The summed E-state index contributed by atoms with van der Waals surface area (Å²) in [6, 6.07) is 7.52. The lowest BCUT2D eigenvalue weighted by Crippen LogP contribution is -2.46. The summed E-state index contributed by atoms with van der Waals surface area (Å²) in [5.41, 5.74) is 2.01. The first-order valence-electron chi connectivity index (χ1n) is 13.2. The van der Waals surface area contributed by atoms with Crippen molar-refractivity contribution in [2.24, 2.45) is 5.92 Å². The molecular weight excluding hydrogens is 585 g/mol. The molecule has 1 fully saturated rings. The van der Waals surface area contributed by atoms with Crippen LogP contribution in [0.4, 0.5) is 5.95 Å². The summed E-state index contributed by atoms with van der Waals surface area (Å²) in [5, 5.41) is 6.64. The van der Waals surface area contributed by atoms with Crippen LogP contribution in [0.25, 0.3) is 5.69 Å². The number of fused-ring (bicyclic) bond motifs is 1. The fourth-order valence-corrected chi connectivity index (χ4v) is 5.78. The van der Waals surface area contributed by atoms with E-state index in [0.29, 0.717) is 45.0 Å². The molecule has 0 spiro atoms. The van der Waals surface area contributed by atoms with E-state index in [1.807, 2.05) is 13.8 Å². The molecule has 1 aromatic heterocycles. The Morgan fingerprint density at radius 2 is 1.85 bits per heavy atom. The first-order valence-corrected chi connectivity index (χ1v) is 14.4. The maximum atomic E-state index is 14.1. The molecule has 11 heteroatoms. The van der Waals surface area contributed by atoms with E-state index >= 15 is 0 Å². The summed E-state index contributed by atoms with van der Waals surface area (Å²) in [5.74, 6) is 2.62. The van der Waals surface area contributed by atoms with Crippen molar-refractivity contribution in [3.8, 4) is 18.0 Å². The van der Waals surface area contributed by atoms with Gasteiger partial charge in [-0.3, -0.25) is 14.4 Å². The number of hydrogen-bond acceptors (Lipinski definition) is 5. The molecule has 0 radical (unpaired) electrons. The lowest BCUT2D eigenvalue weighted by atomic mass is 9.98. The van der Waals surface area contributed by atoms with Gasteiger partial charge in [0.05, 0.1) is 38.6 Å². The molecular formula is C30H28Cl3N5O3. The molecule has 41 heavy (non-hydrogen) atoms. The van der Waals surface area contributed by atoms with Crippen molar-refractivity contribution in [3.63, 3.8) is 0 Å². The SMILES string of the molecule is C#Cc1cc(C(=O)N2Cc3nc(NC(C)C4CC4)n(-c4cc(Cl)c(C(=O)NC)cc4Cl)c(=O)c3CC2C)ccc1Cl. The lowest BCUT2D eigenvalue weighted by molar-refractivity contribution is 0.0653. The maximum Gasteiger partial charge on any atom is 0.263 e. The minimum atomic E-state index is -0.395. The minimum Gasteiger partial charge on any atom is -0.355 e. The van der Waals surface area contributed by atoms with Gasteiger partial charge in [-0.15, -0.1) is 6.42 Å². The molecule has 2 N–H and O–H groups in total. The van der Waals surface area contributed by atoms with Crippen molar-refractivity contribution < 1.29 is 9.59 Å². The Morgan fingerprint density at radius 3 is 2.51 bits per heavy atom. The minimum absolute atomic E-state index is 0.0436. The number of halogens is 3. The molecule has 0 saturated heterocycles. The monoisotopic (exact) mass is 611 g/mol. The largest absolute Gasteiger partial charge is 0.355 e. The zero-order valence-corrected chi connectivity index (χ0v) is 25.0. The second kappa shape index (κ2) is 11.4. The third-order valence-electron chi connectivity index (χ3n) is 7.68. The Morgan fingerprint density at radius 1 is 1.12 bits per heavy atom. The molecule has 2 aliphatic rings.